The number of benzene rings is 1. The first-order chi connectivity index (χ1) is 13.5. The maximum Gasteiger partial charge on any atom is 0.410 e. The topological polar surface area (TPSA) is 82.4 Å². The van der Waals surface area contributed by atoms with Crippen LogP contribution >= 0.6 is 11.8 Å². The third kappa shape index (κ3) is 5.09. The van der Waals surface area contributed by atoms with E-state index >= 15 is 0 Å². The Morgan fingerprint density at radius 2 is 2.10 bits per heavy atom. The van der Waals surface area contributed by atoms with Gasteiger partial charge >= 0.3 is 6.09 Å². The second-order valence-electron chi connectivity index (χ2n) is 7.98. The Labute approximate surface area is 173 Å². The second kappa shape index (κ2) is 8.06. The van der Waals surface area contributed by atoms with Gasteiger partial charge in [0.1, 0.15) is 17.2 Å². The number of hydrogen-bond donors (Lipinski definition) is 1. The van der Waals surface area contributed by atoms with Crippen molar-refractivity contribution in [3.63, 3.8) is 0 Å². The number of ether oxygens (including phenoxy) is 1. The summed E-state index contributed by atoms with van der Waals surface area (Å²) in [6, 6.07) is 3.58. The van der Waals surface area contributed by atoms with Gasteiger partial charge in [0, 0.05) is 37.3 Å². The highest BCUT2D eigenvalue weighted by Gasteiger charge is 2.34. The van der Waals surface area contributed by atoms with Gasteiger partial charge in [-0.05, 0) is 57.7 Å². The third-order valence-electron chi connectivity index (χ3n) is 4.41. The van der Waals surface area contributed by atoms with E-state index < -0.39 is 17.3 Å². The van der Waals surface area contributed by atoms with Crippen LogP contribution in [0.2, 0.25) is 0 Å². The molecule has 9 heteroatoms. The number of aliphatic imine (C=N–C) groups is 1. The van der Waals surface area contributed by atoms with Crippen LogP contribution in [-0.2, 0) is 9.53 Å². The molecule has 2 amide bonds. The lowest BCUT2D eigenvalue weighted by atomic mass is 10.2. The number of amidine groups is 1. The van der Waals surface area contributed by atoms with Crippen LogP contribution in [0.25, 0.3) is 6.08 Å². The number of halogens is 1. The molecule has 1 aromatic rings. The molecule has 0 spiro atoms. The predicted octanol–water partition coefficient (Wildman–Crippen LogP) is 3.44. The van der Waals surface area contributed by atoms with Crippen molar-refractivity contribution in [2.24, 2.45) is 4.99 Å². The lowest BCUT2D eigenvalue weighted by molar-refractivity contribution is -0.113. The highest BCUT2D eigenvalue weighted by Crippen LogP contribution is 2.33. The summed E-state index contributed by atoms with van der Waals surface area (Å²) in [7, 11) is 0. The first-order valence-corrected chi connectivity index (χ1v) is 10.1. The van der Waals surface area contributed by atoms with E-state index in [4.69, 9.17) is 4.74 Å². The summed E-state index contributed by atoms with van der Waals surface area (Å²) in [6.45, 7) is 8.88. The number of rotatable bonds is 1. The van der Waals surface area contributed by atoms with Crippen molar-refractivity contribution in [3.8, 4) is 5.75 Å². The van der Waals surface area contributed by atoms with Gasteiger partial charge in [0.25, 0.3) is 5.91 Å². The zero-order valence-electron chi connectivity index (χ0n) is 16.8. The molecule has 2 aliphatic heterocycles. The molecule has 156 valence electrons. The summed E-state index contributed by atoms with van der Waals surface area (Å²) < 4.78 is 18.6. The van der Waals surface area contributed by atoms with Gasteiger partial charge in [-0.2, -0.15) is 4.99 Å². The number of hydrogen-bond acceptors (Lipinski definition) is 6. The highest BCUT2D eigenvalue weighted by atomic mass is 32.2. The molecule has 2 heterocycles. The molecule has 1 fully saturated rings. The summed E-state index contributed by atoms with van der Waals surface area (Å²) in [5.41, 5.74) is -0.206. The molecular weight excluding hydrogens is 397 g/mol. The van der Waals surface area contributed by atoms with Crippen molar-refractivity contribution in [3.05, 3.63) is 34.5 Å². The molecule has 1 aromatic carbocycles. The molecule has 0 bridgehead atoms. The van der Waals surface area contributed by atoms with E-state index in [2.05, 4.69) is 4.99 Å². The zero-order valence-corrected chi connectivity index (χ0v) is 17.6. The van der Waals surface area contributed by atoms with Crippen molar-refractivity contribution in [1.82, 2.24) is 9.80 Å². The Bertz CT molecular complexity index is 894. The summed E-state index contributed by atoms with van der Waals surface area (Å²) in [5.74, 6) is -1.20. The summed E-state index contributed by atoms with van der Waals surface area (Å²) in [6.07, 6.45) is 1.15. The molecule has 0 aliphatic carbocycles. The van der Waals surface area contributed by atoms with Gasteiger partial charge in [-0.15, -0.1) is 0 Å². The quantitative estimate of drug-likeness (QED) is 0.700. The maximum absolute atomic E-state index is 13.1. The SMILES string of the molecule is C[C@H]1CN(C(=O)OC(C)(C)C)CCN1C1=NC(=O)/C(=C/c2ccc(F)cc2O)S1. The zero-order chi connectivity index (χ0) is 21.3. The number of carbonyl (C=O) groups is 2. The number of thioether (sulfide) groups is 1. The van der Waals surface area contributed by atoms with E-state index in [-0.39, 0.29) is 17.9 Å². The number of amides is 2. The first-order valence-electron chi connectivity index (χ1n) is 9.29. The van der Waals surface area contributed by atoms with Gasteiger partial charge in [0.2, 0.25) is 0 Å². The van der Waals surface area contributed by atoms with Crippen molar-refractivity contribution in [2.45, 2.75) is 39.3 Å². The Morgan fingerprint density at radius 1 is 1.38 bits per heavy atom. The van der Waals surface area contributed by atoms with E-state index in [1.807, 2.05) is 32.6 Å². The largest absolute Gasteiger partial charge is 0.507 e. The minimum atomic E-state index is -0.555. The molecule has 0 unspecified atom stereocenters. The smallest absolute Gasteiger partial charge is 0.410 e. The summed E-state index contributed by atoms with van der Waals surface area (Å²) in [5, 5.41) is 10.4. The number of aromatic hydroxyl groups is 1. The number of carbonyl (C=O) groups excluding carboxylic acids is 2. The second-order valence-corrected chi connectivity index (χ2v) is 8.99. The monoisotopic (exact) mass is 421 g/mol. The van der Waals surface area contributed by atoms with Crippen LogP contribution in [0.1, 0.15) is 33.3 Å². The number of phenols is 1. The molecule has 0 saturated carbocycles. The minimum absolute atomic E-state index is 0.0473. The molecule has 2 aliphatic rings. The van der Waals surface area contributed by atoms with Gasteiger partial charge in [0.15, 0.2) is 5.17 Å². The van der Waals surface area contributed by atoms with E-state index in [9.17, 15) is 19.1 Å². The molecule has 1 saturated heterocycles. The first kappa shape index (κ1) is 21.2. The van der Waals surface area contributed by atoms with Crippen LogP contribution in [0, 0.1) is 5.82 Å². The Kier molecular flexibility index (Phi) is 5.88. The van der Waals surface area contributed by atoms with Crippen molar-refractivity contribution in [2.75, 3.05) is 19.6 Å². The van der Waals surface area contributed by atoms with Gasteiger partial charge in [0.05, 0.1) is 4.91 Å². The molecular formula is C20H24FN3O4S. The number of nitrogens with zero attached hydrogens (tertiary/aromatic N) is 3. The van der Waals surface area contributed by atoms with E-state index in [0.717, 1.165) is 6.07 Å². The van der Waals surface area contributed by atoms with E-state index in [0.29, 0.717) is 35.3 Å². The molecule has 0 aromatic heterocycles. The highest BCUT2D eigenvalue weighted by molar-refractivity contribution is 8.18. The number of piperazine rings is 1. The van der Waals surface area contributed by atoms with Gasteiger partial charge < -0.3 is 19.6 Å². The van der Waals surface area contributed by atoms with Crippen molar-refractivity contribution >= 4 is 35.0 Å². The average molecular weight is 421 g/mol. The molecule has 3 rings (SSSR count). The molecule has 29 heavy (non-hydrogen) atoms. The predicted molar refractivity (Wildman–Crippen MR) is 110 cm³/mol. The average Bonchev–Trinajstić information content (AvgIpc) is 2.96. The van der Waals surface area contributed by atoms with Crippen LogP contribution in [0.5, 0.6) is 5.75 Å². The van der Waals surface area contributed by atoms with Crippen LogP contribution in [0.3, 0.4) is 0 Å². The van der Waals surface area contributed by atoms with Crippen molar-refractivity contribution in [1.29, 1.82) is 0 Å². The third-order valence-corrected chi connectivity index (χ3v) is 5.43. The fraction of sp³-hybridized carbons (Fsp3) is 0.450. The van der Waals surface area contributed by atoms with Crippen LogP contribution in [0.4, 0.5) is 9.18 Å². The van der Waals surface area contributed by atoms with Gasteiger partial charge in [-0.1, -0.05) is 0 Å². The summed E-state index contributed by atoms with van der Waals surface area (Å²) >= 11 is 1.20. The fourth-order valence-electron chi connectivity index (χ4n) is 3.04. The van der Waals surface area contributed by atoms with E-state index in [1.165, 1.54) is 30.0 Å². The standard InChI is InChI=1S/C20H24FN3O4S/c1-12-11-23(19(27)28-20(2,3)4)7-8-24(12)18-22-17(26)16(29-18)9-13-5-6-14(21)10-15(13)25/h5-6,9-10,12,25H,7-8,11H2,1-4H3/b16-9-/t12-/m0/s1. The maximum atomic E-state index is 13.1. The minimum Gasteiger partial charge on any atom is -0.507 e. The van der Waals surface area contributed by atoms with Crippen LogP contribution in [-0.4, -0.2) is 63.4 Å². The fourth-order valence-corrected chi connectivity index (χ4v) is 4.07. The number of phenolic OH excluding ortho intramolecular Hbond substituents is 1. The Hall–Kier alpha value is -2.55. The van der Waals surface area contributed by atoms with Gasteiger partial charge in [-0.3, -0.25) is 4.79 Å². The van der Waals surface area contributed by atoms with Gasteiger partial charge in [-0.25, -0.2) is 9.18 Å². The lowest BCUT2D eigenvalue weighted by Gasteiger charge is -2.40. The molecule has 1 atom stereocenters. The molecule has 0 radical (unpaired) electrons. The van der Waals surface area contributed by atoms with E-state index in [1.54, 1.807) is 4.90 Å². The normalized spacial score (nSPS) is 21.6. The Balaban J connectivity index is 1.67. The molecule has 7 nitrogen and oxygen atoms in total. The van der Waals surface area contributed by atoms with Crippen molar-refractivity contribution < 1.29 is 23.8 Å². The van der Waals surface area contributed by atoms with Crippen LogP contribution in [0.15, 0.2) is 28.1 Å². The lowest BCUT2D eigenvalue weighted by Crippen LogP contribution is -2.55. The summed E-state index contributed by atoms with van der Waals surface area (Å²) in [4.78, 5) is 32.7. The van der Waals surface area contributed by atoms with Crippen LogP contribution < -0.4 is 0 Å². The Morgan fingerprint density at radius 3 is 2.72 bits per heavy atom. The molecule has 1 N–H and O–H groups in total.